The van der Waals surface area contributed by atoms with E-state index in [4.69, 9.17) is 22.2 Å². The van der Waals surface area contributed by atoms with Gasteiger partial charge in [-0.2, -0.15) is 0 Å². The number of carbonyl (C=O) groups is 1. The van der Waals surface area contributed by atoms with Crippen molar-refractivity contribution in [3.05, 3.63) is 44.8 Å². The van der Waals surface area contributed by atoms with Crippen LogP contribution in [0.5, 0.6) is 0 Å². The first-order valence-corrected chi connectivity index (χ1v) is 5.25. The van der Waals surface area contributed by atoms with Crippen LogP contribution in [0.15, 0.2) is 23.3 Å². The Hall–Kier alpha value is -1.79. The van der Waals surface area contributed by atoms with E-state index < -0.39 is 18.2 Å². The minimum Gasteiger partial charge on any atom is -0.478 e. The molecule has 0 aliphatic rings. The number of hydrogen-bond acceptors (Lipinski definition) is 4. The minimum atomic E-state index is -1.31. The van der Waals surface area contributed by atoms with Crippen molar-refractivity contribution in [1.29, 1.82) is 0 Å². The molecule has 0 heterocycles. The molecule has 3 N–H and O–H groups in total. The van der Waals surface area contributed by atoms with Gasteiger partial charge in [0.2, 0.25) is 0 Å². The van der Waals surface area contributed by atoms with E-state index in [-0.39, 0.29) is 22.7 Å². The highest BCUT2D eigenvalue weighted by Gasteiger charge is 2.19. The zero-order valence-corrected chi connectivity index (χ0v) is 9.82. The van der Waals surface area contributed by atoms with Gasteiger partial charge in [-0.15, -0.1) is 0 Å². The summed E-state index contributed by atoms with van der Waals surface area (Å²) in [5.74, 6) is -1.18. The predicted molar refractivity (Wildman–Crippen MR) is 63.4 cm³/mol. The Labute approximate surface area is 107 Å². The molecule has 2 atom stereocenters. The number of carboxylic acid groups (broad SMARTS) is 1. The Morgan fingerprint density at radius 2 is 2.17 bits per heavy atom. The molecular formula is C10H10ClN3O4. The zero-order chi connectivity index (χ0) is 13.7. The molecule has 0 saturated heterocycles. The van der Waals surface area contributed by atoms with Gasteiger partial charge in [0, 0.05) is 4.91 Å². The van der Waals surface area contributed by atoms with Gasteiger partial charge in [0.1, 0.15) is 6.10 Å². The number of azide groups is 1. The second-order valence-corrected chi connectivity index (χ2v) is 3.88. The number of halogens is 1. The van der Waals surface area contributed by atoms with Crippen molar-refractivity contribution in [2.24, 2.45) is 5.11 Å². The molecule has 2 unspecified atom stereocenters. The molecule has 18 heavy (non-hydrogen) atoms. The van der Waals surface area contributed by atoms with Crippen LogP contribution in [0, 0.1) is 0 Å². The molecule has 0 saturated carbocycles. The Balaban J connectivity index is 2.93. The number of nitrogens with zero attached hydrogens (tertiary/aromatic N) is 3. The Morgan fingerprint density at radius 1 is 1.50 bits per heavy atom. The van der Waals surface area contributed by atoms with E-state index in [1.807, 2.05) is 0 Å². The van der Waals surface area contributed by atoms with Crippen molar-refractivity contribution < 1.29 is 20.1 Å². The van der Waals surface area contributed by atoms with Crippen LogP contribution in [0.3, 0.4) is 0 Å². The SMILES string of the molecule is [N-]=[N+]=NCC(O)C(O)c1ccc(C(=O)O)c(Cl)c1. The van der Waals surface area contributed by atoms with Crippen molar-refractivity contribution in [3.63, 3.8) is 0 Å². The molecule has 0 aliphatic heterocycles. The Morgan fingerprint density at radius 3 is 2.67 bits per heavy atom. The predicted octanol–water partition coefficient (Wildman–Crippen LogP) is 1.74. The van der Waals surface area contributed by atoms with Gasteiger partial charge in [-0.1, -0.05) is 22.8 Å². The third-order valence-electron chi connectivity index (χ3n) is 2.26. The highest BCUT2D eigenvalue weighted by molar-refractivity contribution is 6.33. The lowest BCUT2D eigenvalue weighted by molar-refractivity contribution is 0.0244. The zero-order valence-electron chi connectivity index (χ0n) is 9.06. The number of aliphatic hydroxyl groups excluding tert-OH is 2. The first-order valence-electron chi connectivity index (χ1n) is 4.87. The summed E-state index contributed by atoms with van der Waals surface area (Å²) in [4.78, 5) is 13.2. The van der Waals surface area contributed by atoms with Crippen molar-refractivity contribution in [2.75, 3.05) is 6.54 Å². The fraction of sp³-hybridized carbons (Fsp3) is 0.300. The summed E-state index contributed by atoms with van der Waals surface area (Å²) in [6.45, 7) is -0.296. The van der Waals surface area contributed by atoms with Gasteiger partial charge in [-0.25, -0.2) is 4.79 Å². The summed E-state index contributed by atoms with van der Waals surface area (Å²) in [6.07, 6.45) is -2.59. The second kappa shape index (κ2) is 6.23. The Bertz CT molecular complexity index is 502. The maximum Gasteiger partial charge on any atom is 0.337 e. The molecule has 0 spiro atoms. The van der Waals surface area contributed by atoms with Crippen LogP contribution in [0.4, 0.5) is 0 Å². The molecule has 0 radical (unpaired) electrons. The third kappa shape index (κ3) is 3.35. The molecule has 1 rings (SSSR count). The largest absolute Gasteiger partial charge is 0.478 e. The number of aromatic carboxylic acids is 1. The molecular weight excluding hydrogens is 262 g/mol. The highest BCUT2D eigenvalue weighted by Crippen LogP contribution is 2.24. The summed E-state index contributed by atoms with van der Waals surface area (Å²) in [6, 6.07) is 3.80. The van der Waals surface area contributed by atoms with Crippen LogP contribution >= 0.6 is 11.6 Å². The lowest BCUT2D eigenvalue weighted by Crippen LogP contribution is -2.21. The highest BCUT2D eigenvalue weighted by atomic mass is 35.5. The average Bonchev–Trinajstić information content (AvgIpc) is 2.34. The van der Waals surface area contributed by atoms with E-state index in [0.717, 1.165) is 0 Å². The second-order valence-electron chi connectivity index (χ2n) is 3.47. The van der Waals surface area contributed by atoms with Crippen molar-refractivity contribution in [3.8, 4) is 0 Å². The van der Waals surface area contributed by atoms with Crippen LogP contribution in [0.1, 0.15) is 22.0 Å². The normalized spacial score (nSPS) is 13.5. The van der Waals surface area contributed by atoms with Crippen LogP contribution < -0.4 is 0 Å². The van der Waals surface area contributed by atoms with Gasteiger partial charge in [0.15, 0.2) is 0 Å². The van der Waals surface area contributed by atoms with E-state index in [1.165, 1.54) is 18.2 Å². The summed E-state index contributed by atoms with van der Waals surface area (Å²) < 4.78 is 0. The minimum absolute atomic E-state index is 0.0463. The smallest absolute Gasteiger partial charge is 0.337 e. The molecule has 8 heteroatoms. The van der Waals surface area contributed by atoms with Crippen LogP contribution in [-0.4, -0.2) is 33.9 Å². The standard InChI is InChI=1S/C10H10ClN3O4/c11-7-3-5(1-2-6(7)10(17)18)9(16)8(15)4-13-14-12/h1-3,8-9,15-16H,4H2,(H,17,18). The monoisotopic (exact) mass is 271 g/mol. The number of hydrogen-bond donors (Lipinski definition) is 3. The first kappa shape index (κ1) is 14.3. The topological polar surface area (TPSA) is 127 Å². The number of carboxylic acids is 1. The van der Waals surface area contributed by atoms with Gasteiger partial charge in [0.05, 0.1) is 23.2 Å². The lowest BCUT2D eigenvalue weighted by Gasteiger charge is -2.16. The fourth-order valence-electron chi connectivity index (χ4n) is 1.33. The van der Waals surface area contributed by atoms with Crippen LogP contribution in [0.2, 0.25) is 5.02 Å². The number of rotatable bonds is 5. The maximum absolute atomic E-state index is 10.7. The van der Waals surface area contributed by atoms with E-state index in [2.05, 4.69) is 10.0 Å². The third-order valence-corrected chi connectivity index (χ3v) is 2.57. The molecule has 1 aromatic carbocycles. The van der Waals surface area contributed by atoms with Crippen LogP contribution in [-0.2, 0) is 0 Å². The molecule has 96 valence electrons. The summed E-state index contributed by atoms with van der Waals surface area (Å²) >= 11 is 5.72. The fourth-order valence-corrected chi connectivity index (χ4v) is 1.60. The quantitative estimate of drug-likeness (QED) is 0.428. The summed E-state index contributed by atoms with van der Waals surface area (Å²) in [7, 11) is 0. The van der Waals surface area contributed by atoms with Crippen LogP contribution in [0.25, 0.3) is 10.4 Å². The van der Waals surface area contributed by atoms with E-state index in [0.29, 0.717) is 0 Å². The molecule has 0 aromatic heterocycles. The molecule has 7 nitrogen and oxygen atoms in total. The van der Waals surface area contributed by atoms with Gasteiger partial charge < -0.3 is 15.3 Å². The van der Waals surface area contributed by atoms with Gasteiger partial charge >= 0.3 is 5.97 Å². The molecule has 0 aliphatic carbocycles. The van der Waals surface area contributed by atoms with Gasteiger partial charge in [-0.05, 0) is 23.2 Å². The summed E-state index contributed by atoms with van der Waals surface area (Å²) in [5.41, 5.74) is 8.23. The molecule has 0 amide bonds. The van der Waals surface area contributed by atoms with Gasteiger partial charge in [-0.3, -0.25) is 0 Å². The van der Waals surface area contributed by atoms with Crippen molar-refractivity contribution >= 4 is 17.6 Å². The van der Waals surface area contributed by atoms with Crippen molar-refractivity contribution in [2.45, 2.75) is 12.2 Å². The van der Waals surface area contributed by atoms with E-state index in [1.54, 1.807) is 0 Å². The lowest BCUT2D eigenvalue weighted by atomic mass is 10.0. The number of aliphatic hydroxyl groups is 2. The van der Waals surface area contributed by atoms with E-state index >= 15 is 0 Å². The Kier molecular flexibility index (Phi) is 4.94. The molecule has 0 bridgehead atoms. The average molecular weight is 272 g/mol. The van der Waals surface area contributed by atoms with Gasteiger partial charge in [0.25, 0.3) is 0 Å². The number of benzene rings is 1. The maximum atomic E-state index is 10.7. The molecule has 0 fully saturated rings. The first-order chi connectivity index (χ1) is 8.47. The van der Waals surface area contributed by atoms with E-state index in [9.17, 15) is 15.0 Å². The van der Waals surface area contributed by atoms with Crippen molar-refractivity contribution in [1.82, 2.24) is 0 Å². The molecule has 1 aromatic rings. The summed E-state index contributed by atoms with van der Waals surface area (Å²) in [5, 5.41) is 31.1.